The number of rotatable bonds is 4. The fraction of sp³-hybridized carbons (Fsp3) is 0.231. The Hall–Kier alpha value is -1.10. The van der Waals surface area contributed by atoms with Gasteiger partial charge in [-0.1, -0.05) is 17.7 Å². The van der Waals surface area contributed by atoms with Crippen molar-refractivity contribution < 1.29 is 0 Å². The molecule has 3 nitrogen and oxygen atoms in total. The molecule has 1 aromatic heterocycles. The normalized spacial score (nSPS) is 12.4. The average molecular weight is 280 g/mol. The zero-order chi connectivity index (χ0) is 13.0. The summed E-state index contributed by atoms with van der Waals surface area (Å²) in [5.41, 5.74) is 6.85. The molecule has 1 aromatic carbocycles. The van der Waals surface area contributed by atoms with E-state index in [1.807, 2.05) is 25.1 Å². The van der Waals surface area contributed by atoms with Gasteiger partial charge in [0.1, 0.15) is 0 Å². The summed E-state index contributed by atoms with van der Waals surface area (Å²) in [6, 6.07) is 7.86. The van der Waals surface area contributed by atoms with Gasteiger partial charge in [-0.05, 0) is 48.9 Å². The summed E-state index contributed by atoms with van der Waals surface area (Å²) < 4.78 is 0. The van der Waals surface area contributed by atoms with E-state index in [1.54, 1.807) is 18.5 Å². The van der Waals surface area contributed by atoms with Crippen LogP contribution in [-0.4, -0.2) is 16.0 Å². The van der Waals surface area contributed by atoms with E-state index in [-0.39, 0.29) is 6.04 Å². The molecule has 0 spiro atoms. The third-order valence-electron chi connectivity index (χ3n) is 2.32. The minimum atomic E-state index is 0.110. The van der Waals surface area contributed by atoms with Crippen LogP contribution in [0.3, 0.4) is 0 Å². The topological polar surface area (TPSA) is 51.8 Å². The molecule has 0 aliphatic heterocycles. The van der Waals surface area contributed by atoms with Crippen molar-refractivity contribution in [2.24, 2.45) is 5.73 Å². The Balaban J connectivity index is 2.14. The van der Waals surface area contributed by atoms with E-state index in [1.165, 1.54) is 11.8 Å². The molecule has 0 amide bonds. The van der Waals surface area contributed by atoms with Crippen LogP contribution in [-0.2, 0) is 6.42 Å². The highest BCUT2D eigenvalue weighted by Gasteiger charge is 2.06. The van der Waals surface area contributed by atoms with Gasteiger partial charge in [-0.25, -0.2) is 9.97 Å². The molecule has 18 heavy (non-hydrogen) atoms. The Morgan fingerprint density at radius 1 is 1.33 bits per heavy atom. The molecule has 0 aliphatic rings. The summed E-state index contributed by atoms with van der Waals surface area (Å²) in [5.74, 6) is 0. The van der Waals surface area contributed by atoms with Gasteiger partial charge in [-0.2, -0.15) is 0 Å². The van der Waals surface area contributed by atoms with Crippen LogP contribution in [0, 0.1) is 0 Å². The fourth-order valence-electron chi connectivity index (χ4n) is 1.55. The highest BCUT2D eigenvalue weighted by molar-refractivity contribution is 7.99. The minimum Gasteiger partial charge on any atom is -0.328 e. The first kappa shape index (κ1) is 13.3. The summed E-state index contributed by atoms with van der Waals surface area (Å²) in [6.45, 7) is 1.97. The van der Waals surface area contributed by atoms with E-state index in [0.717, 1.165) is 21.9 Å². The number of nitrogens with two attached hydrogens (primary N) is 1. The summed E-state index contributed by atoms with van der Waals surface area (Å²) >= 11 is 7.72. The molecule has 0 fully saturated rings. The van der Waals surface area contributed by atoms with E-state index in [9.17, 15) is 0 Å². The summed E-state index contributed by atoms with van der Waals surface area (Å²) in [5, 5.41) is 1.46. The molecule has 5 heteroatoms. The number of aromatic nitrogens is 2. The van der Waals surface area contributed by atoms with Crippen molar-refractivity contribution in [2.45, 2.75) is 29.4 Å². The zero-order valence-corrected chi connectivity index (χ0v) is 11.6. The summed E-state index contributed by atoms with van der Waals surface area (Å²) in [7, 11) is 0. The van der Waals surface area contributed by atoms with Crippen molar-refractivity contribution in [3.8, 4) is 0 Å². The molecule has 1 unspecified atom stereocenters. The number of nitrogens with zero attached hydrogens (tertiary/aromatic N) is 2. The van der Waals surface area contributed by atoms with Gasteiger partial charge in [0.2, 0.25) is 0 Å². The lowest BCUT2D eigenvalue weighted by Gasteiger charge is -2.08. The van der Waals surface area contributed by atoms with Crippen molar-refractivity contribution in [1.29, 1.82) is 0 Å². The van der Waals surface area contributed by atoms with Crippen molar-refractivity contribution in [2.75, 3.05) is 0 Å². The molecule has 0 saturated carbocycles. The SMILES string of the molecule is CC(N)Cc1ccc(Sc2ncccn2)cc1Cl. The molecule has 1 heterocycles. The molecule has 94 valence electrons. The molecule has 0 bridgehead atoms. The van der Waals surface area contributed by atoms with Crippen LogP contribution < -0.4 is 5.73 Å². The van der Waals surface area contributed by atoms with Crippen molar-refractivity contribution in [3.63, 3.8) is 0 Å². The average Bonchev–Trinajstić information content (AvgIpc) is 2.33. The maximum Gasteiger partial charge on any atom is 0.192 e. The molecule has 0 saturated heterocycles. The lowest BCUT2D eigenvalue weighted by atomic mass is 10.1. The highest BCUT2D eigenvalue weighted by Crippen LogP contribution is 2.28. The maximum absolute atomic E-state index is 6.23. The second kappa shape index (κ2) is 6.18. The van der Waals surface area contributed by atoms with Gasteiger partial charge in [0.15, 0.2) is 5.16 Å². The Morgan fingerprint density at radius 3 is 2.67 bits per heavy atom. The van der Waals surface area contributed by atoms with E-state index < -0.39 is 0 Å². The van der Waals surface area contributed by atoms with Crippen LogP contribution in [0.4, 0.5) is 0 Å². The minimum absolute atomic E-state index is 0.110. The number of hydrogen-bond donors (Lipinski definition) is 1. The van der Waals surface area contributed by atoms with Crippen molar-refractivity contribution >= 4 is 23.4 Å². The first-order valence-corrected chi connectivity index (χ1v) is 6.83. The van der Waals surface area contributed by atoms with E-state index in [4.69, 9.17) is 17.3 Å². The van der Waals surface area contributed by atoms with Gasteiger partial charge in [0.05, 0.1) is 0 Å². The van der Waals surface area contributed by atoms with E-state index in [0.29, 0.717) is 5.16 Å². The zero-order valence-electron chi connectivity index (χ0n) is 10.0. The highest BCUT2D eigenvalue weighted by atomic mass is 35.5. The Kier molecular flexibility index (Phi) is 4.58. The summed E-state index contributed by atoms with van der Waals surface area (Å²) in [6.07, 6.45) is 4.23. The van der Waals surface area contributed by atoms with Gasteiger partial charge < -0.3 is 5.73 Å². The molecule has 2 N–H and O–H groups in total. The molecule has 1 atom stereocenters. The Morgan fingerprint density at radius 2 is 2.06 bits per heavy atom. The van der Waals surface area contributed by atoms with Crippen LogP contribution in [0.25, 0.3) is 0 Å². The third kappa shape index (κ3) is 3.70. The second-order valence-electron chi connectivity index (χ2n) is 4.07. The lowest BCUT2D eigenvalue weighted by molar-refractivity contribution is 0.738. The van der Waals surface area contributed by atoms with Gasteiger partial charge in [0.25, 0.3) is 0 Å². The monoisotopic (exact) mass is 279 g/mol. The molecule has 0 aliphatic carbocycles. The Bertz CT molecular complexity index is 517. The predicted octanol–water partition coefficient (Wildman–Crippen LogP) is 3.17. The van der Waals surface area contributed by atoms with Crippen LogP contribution >= 0.6 is 23.4 Å². The molecular formula is C13H14ClN3S. The van der Waals surface area contributed by atoms with E-state index >= 15 is 0 Å². The predicted molar refractivity (Wildman–Crippen MR) is 75.0 cm³/mol. The molecular weight excluding hydrogens is 266 g/mol. The third-order valence-corrected chi connectivity index (χ3v) is 3.55. The number of hydrogen-bond acceptors (Lipinski definition) is 4. The van der Waals surface area contributed by atoms with E-state index in [2.05, 4.69) is 9.97 Å². The molecule has 2 aromatic rings. The van der Waals surface area contributed by atoms with Crippen molar-refractivity contribution in [1.82, 2.24) is 9.97 Å². The first-order valence-electron chi connectivity index (χ1n) is 5.64. The standard InChI is InChI=1S/C13H14ClN3S/c1-9(15)7-10-3-4-11(8-12(10)14)18-13-16-5-2-6-17-13/h2-6,8-9H,7,15H2,1H3. The molecule has 2 rings (SSSR count). The second-order valence-corrected chi connectivity index (χ2v) is 5.52. The Labute approximate surface area is 116 Å². The number of halogens is 1. The van der Waals surface area contributed by atoms with Crippen LogP contribution in [0.1, 0.15) is 12.5 Å². The smallest absolute Gasteiger partial charge is 0.192 e. The fourth-order valence-corrected chi connectivity index (χ4v) is 2.62. The van der Waals surface area contributed by atoms with Crippen molar-refractivity contribution in [3.05, 3.63) is 47.2 Å². The van der Waals surface area contributed by atoms with Gasteiger partial charge in [0, 0.05) is 28.4 Å². The largest absolute Gasteiger partial charge is 0.328 e. The van der Waals surface area contributed by atoms with Gasteiger partial charge >= 0.3 is 0 Å². The van der Waals surface area contributed by atoms with Gasteiger partial charge in [-0.15, -0.1) is 0 Å². The van der Waals surface area contributed by atoms with Crippen LogP contribution in [0.5, 0.6) is 0 Å². The quantitative estimate of drug-likeness (QED) is 0.874. The van der Waals surface area contributed by atoms with Gasteiger partial charge in [-0.3, -0.25) is 0 Å². The van der Waals surface area contributed by atoms with Crippen LogP contribution in [0.2, 0.25) is 5.02 Å². The first-order chi connectivity index (χ1) is 8.65. The summed E-state index contributed by atoms with van der Waals surface area (Å²) in [4.78, 5) is 9.35. The van der Waals surface area contributed by atoms with Crippen LogP contribution in [0.15, 0.2) is 46.7 Å². The maximum atomic E-state index is 6.23. The molecule has 0 radical (unpaired) electrons. The lowest BCUT2D eigenvalue weighted by Crippen LogP contribution is -2.17. The number of benzene rings is 1.